The van der Waals surface area contributed by atoms with Gasteiger partial charge in [-0.3, -0.25) is 4.79 Å². The quantitative estimate of drug-likeness (QED) is 0.866. The van der Waals surface area contributed by atoms with E-state index in [2.05, 4.69) is 5.32 Å². The Morgan fingerprint density at radius 3 is 2.82 bits per heavy atom. The molecule has 4 heteroatoms. The van der Waals surface area contributed by atoms with E-state index >= 15 is 0 Å². The first-order valence-electron chi connectivity index (χ1n) is 5.95. The van der Waals surface area contributed by atoms with E-state index in [0.717, 1.165) is 23.5 Å². The predicted molar refractivity (Wildman–Crippen MR) is 64.2 cm³/mol. The lowest BCUT2D eigenvalue weighted by Crippen LogP contribution is -2.22. The summed E-state index contributed by atoms with van der Waals surface area (Å²) in [6, 6.07) is 5.75. The zero-order valence-corrected chi connectivity index (χ0v) is 9.99. The van der Waals surface area contributed by atoms with Gasteiger partial charge in [-0.2, -0.15) is 0 Å². The number of nitrogens with one attached hydrogen (secondary N) is 1. The number of carbonyl (C=O) groups excluding carboxylic acids is 1. The van der Waals surface area contributed by atoms with Crippen LogP contribution in [0.3, 0.4) is 0 Å². The fourth-order valence-electron chi connectivity index (χ4n) is 1.71. The molecule has 0 fully saturated rings. The van der Waals surface area contributed by atoms with Gasteiger partial charge in [0.1, 0.15) is 13.2 Å². The van der Waals surface area contributed by atoms with Gasteiger partial charge in [-0.15, -0.1) is 0 Å². The van der Waals surface area contributed by atoms with Crippen LogP contribution in [-0.4, -0.2) is 19.1 Å². The highest BCUT2D eigenvalue weighted by Crippen LogP contribution is 2.30. The monoisotopic (exact) mass is 235 g/mol. The fourth-order valence-corrected chi connectivity index (χ4v) is 1.71. The van der Waals surface area contributed by atoms with Crippen molar-refractivity contribution in [2.45, 2.75) is 26.3 Å². The average Bonchev–Trinajstić information content (AvgIpc) is 2.36. The molecule has 1 aromatic carbocycles. The van der Waals surface area contributed by atoms with Crippen molar-refractivity contribution in [1.29, 1.82) is 0 Å². The third-order valence-electron chi connectivity index (χ3n) is 2.57. The van der Waals surface area contributed by atoms with Crippen molar-refractivity contribution in [2.75, 3.05) is 13.2 Å². The molecule has 1 N–H and O–H groups in total. The summed E-state index contributed by atoms with van der Waals surface area (Å²) in [6.07, 6.45) is 1.44. The topological polar surface area (TPSA) is 47.6 Å². The number of hydrogen-bond acceptors (Lipinski definition) is 3. The Balaban J connectivity index is 1.95. The second-order valence-corrected chi connectivity index (χ2v) is 4.00. The summed E-state index contributed by atoms with van der Waals surface area (Å²) in [5, 5.41) is 2.87. The van der Waals surface area contributed by atoms with Gasteiger partial charge >= 0.3 is 0 Å². The van der Waals surface area contributed by atoms with E-state index in [1.54, 1.807) is 0 Å². The summed E-state index contributed by atoms with van der Waals surface area (Å²) in [4.78, 5) is 11.3. The van der Waals surface area contributed by atoms with Crippen molar-refractivity contribution < 1.29 is 14.3 Å². The van der Waals surface area contributed by atoms with Gasteiger partial charge in [-0.25, -0.2) is 0 Å². The predicted octanol–water partition coefficient (Wildman–Crippen LogP) is 1.87. The number of amides is 1. The van der Waals surface area contributed by atoms with E-state index in [1.807, 2.05) is 25.1 Å². The van der Waals surface area contributed by atoms with Crippen LogP contribution in [0.25, 0.3) is 0 Å². The van der Waals surface area contributed by atoms with Crippen molar-refractivity contribution in [3.8, 4) is 11.5 Å². The van der Waals surface area contributed by atoms with Gasteiger partial charge in [0.15, 0.2) is 11.5 Å². The van der Waals surface area contributed by atoms with Crippen LogP contribution in [0.15, 0.2) is 18.2 Å². The van der Waals surface area contributed by atoms with E-state index < -0.39 is 0 Å². The first-order valence-corrected chi connectivity index (χ1v) is 5.95. The molecule has 0 bridgehead atoms. The molecule has 0 aromatic heterocycles. The molecule has 0 saturated heterocycles. The fraction of sp³-hybridized carbons (Fsp3) is 0.462. The molecule has 0 spiro atoms. The molecule has 0 saturated carbocycles. The minimum Gasteiger partial charge on any atom is -0.486 e. The van der Waals surface area contributed by atoms with Crippen LogP contribution in [-0.2, 0) is 11.3 Å². The first-order chi connectivity index (χ1) is 8.29. The molecular weight excluding hydrogens is 218 g/mol. The average molecular weight is 235 g/mol. The number of fused-ring (bicyclic) bond motifs is 1. The number of benzene rings is 1. The molecule has 4 nitrogen and oxygen atoms in total. The van der Waals surface area contributed by atoms with Gasteiger partial charge < -0.3 is 14.8 Å². The van der Waals surface area contributed by atoms with Crippen molar-refractivity contribution in [3.05, 3.63) is 23.8 Å². The molecule has 0 atom stereocenters. The Morgan fingerprint density at radius 1 is 1.29 bits per heavy atom. The van der Waals surface area contributed by atoms with Crippen LogP contribution in [0.1, 0.15) is 25.3 Å². The molecule has 17 heavy (non-hydrogen) atoms. The minimum atomic E-state index is 0.0855. The van der Waals surface area contributed by atoms with Crippen LogP contribution in [0.2, 0.25) is 0 Å². The number of carbonyl (C=O) groups is 1. The lowest BCUT2D eigenvalue weighted by molar-refractivity contribution is -0.121. The summed E-state index contributed by atoms with van der Waals surface area (Å²) in [5.74, 6) is 1.63. The standard InChI is InChI=1S/C13H17NO3/c1-2-3-13(15)14-9-10-4-5-11-12(8-10)17-7-6-16-11/h4-5,8H,2-3,6-7,9H2,1H3,(H,14,15). The molecule has 2 rings (SSSR count). The van der Waals surface area contributed by atoms with Gasteiger partial charge in [0.25, 0.3) is 0 Å². The highest BCUT2D eigenvalue weighted by Gasteiger charge is 2.11. The van der Waals surface area contributed by atoms with Gasteiger partial charge in [0, 0.05) is 13.0 Å². The smallest absolute Gasteiger partial charge is 0.220 e. The van der Waals surface area contributed by atoms with E-state index in [0.29, 0.717) is 26.2 Å². The SMILES string of the molecule is CCCC(=O)NCc1ccc2c(c1)OCCO2. The second-order valence-electron chi connectivity index (χ2n) is 4.00. The van der Waals surface area contributed by atoms with E-state index in [-0.39, 0.29) is 5.91 Å². The Bertz CT molecular complexity index is 404. The maximum absolute atomic E-state index is 11.3. The van der Waals surface area contributed by atoms with E-state index in [1.165, 1.54) is 0 Å². The second kappa shape index (κ2) is 5.57. The number of hydrogen-bond donors (Lipinski definition) is 1. The minimum absolute atomic E-state index is 0.0855. The van der Waals surface area contributed by atoms with Crippen LogP contribution >= 0.6 is 0 Å². The third kappa shape index (κ3) is 3.12. The lowest BCUT2D eigenvalue weighted by atomic mass is 10.2. The maximum atomic E-state index is 11.3. The summed E-state index contributed by atoms with van der Waals surface area (Å²) in [6.45, 7) is 3.71. The summed E-state index contributed by atoms with van der Waals surface area (Å²) in [7, 11) is 0. The maximum Gasteiger partial charge on any atom is 0.220 e. The van der Waals surface area contributed by atoms with Crippen LogP contribution < -0.4 is 14.8 Å². The zero-order chi connectivity index (χ0) is 12.1. The number of rotatable bonds is 4. The molecule has 1 amide bonds. The number of ether oxygens (including phenoxy) is 2. The van der Waals surface area contributed by atoms with E-state index in [9.17, 15) is 4.79 Å². The van der Waals surface area contributed by atoms with E-state index in [4.69, 9.17) is 9.47 Å². The van der Waals surface area contributed by atoms with Crippen molar-refractivity contribution >= 4 is 5.91 Å². The van der Waals surface area contributed by atoms with Gasteiger partial charge in [0.05, 0.1) is 0 Å². The summed E-state index contributed by atoms with van der Waals surface area (Å²) < 4.78 is 10.9. The summed E-state index contributed by atoms with van der Waals surface area (Å²) >= 11 is 0. The molecule has 1 aliphatic rings. The lowest BCUT2D eigenvalue weighted by Gasteiger charge is -2.18. The van der Waals surface area contributed by atoms with Gasteiger partial charge in [-0.1, -0.05) is 13.0 Å². The Hall–Kier alpha value is -1.71. The molecule has 92 valence electrons. The molecule has 0 aliphatic carbocycles. The Morgan fingerprint density at radius 2 is 2.06 bits per heavy atom. The largest absolute Gasteiger partial charge is 0.486 e. The molecule has 1 heterocycles. The van der Waals surface area contributed by atoms with Gasteiger partial charge in [-0.05, 0) is 24.1 Å². The molecule has 1 aliphatic heterocycles. The highest BCUT2D eigenvalue weighted by atomic mass is 16.6. The molecule has 0 unspecified atom stereocenters. The molecule has 0 radical (unpaired) electrons. The normalized spacial score (nSPS) is 13.2. The first kappa shape index (κ1) is 11.8. The highest BCUT2D eigenvalue weighted by molar-refractivity contribution is 5.75. The van der Waals surface area contributed by atoms with Gasteiger partial charge in [0.2, 0.25) is 5.91 Å². The molecule has 1 aromatic rings. The van der Waals surface area contributed by atoms with Crippen LogP contribution in [0.5, 0.6) is 11.5 Å². The third-order valence-corrected chi connectivity index (χ3v) is 2.57. The van der Waals surface area contributed by atoms with Crippen molar-refractivity contribution in [2.24, 2.45) is 0 Å². The van der Waals surface area contributed by atoms with Crippen LogP contribution in [0, 0.1) is 0 Å². The summed E-state index contributed by atoms with van der Waals surface area (Å²) in [5.41, 5.74) is 1.03. The van der Waals surface area contributed by atoms with Crippen molar-refractivity contribution in [1.82, 2.24) is 5.32 Å². The zero-order valence-electron chi connectivity index (χ0n) is 9.99. The van der Waals surface area contributed by atoms with Crippen molar-refractivity contribution in [3.63, 3.8) is 0 Å². The Labute approximate surface area is 101 Å². The van der Waals surface area contributed by atoms with Crippen LogP contribution in [0.4, 0.5) is 0 Å². The molecular formula is C13H17NO3. The Kier molecular flexibility index (Phi) is 3.85.